The topological polar surface area (TPSA) is 29.0 Å². The van der Waals surface area contributed by atoms with Crippen LogP contribution in [0.25, 0.3) is 29.4 Å². The van der Waals surface area contributed by atoms with E-state index in [-0.39, 0.29) is 10.8 Å². The van der Waals surface area contributed by atoms with Gasteiger partial charge in [0.15, 0.2) is 5.71 Å². The highest BCUT2D eigenvalue weighted by atomic mass is 15.1. The van der Waals surface area contributed by atoms with Crippen molar-refractivity contribution in [1.82, 2.24) is 0 Å². The summed E-state index contributed by atoms with van der Waals surface area (Å²) in [5.74, 6) is 2.90. The van der Waals surface area contributed by atoms with Gasteiger partial charge in [0, 0.05) is 23.5 Å². The summed E-state index contributed by atoms with van der Waals surface area (Å²) in [5, 5.41) is 2.17. The zero-order valence-electron chi connectivity index (χ0n) is 40.3. The third kappa shape index (κ3) is 11.0. The molecule has 0 fully saturated rings. The highest BCUT2D eigenvalue weighted by Gasteiger charge is 2.47. The number of aryl methyl sites for hydroxylation is 2. The monoisotopic (exact) mass is 814 g/mol. The number of hydrogen-bond acceptors (Lipinski definition) is 1. The second-order valence-corrected chi connectivity index (χ2v) is 16.9. The largest absolute Gasteiger partial charge is 0.333 e. The van der Waals surface area contributed by atoms with E-state index in [0.717, 1.165) is 61.2 Å². The van der Waals surface area contributed by atoms with Crippen LogP contribution in [-0.4, -0.2) is 23.9 Å². The highest BCUT2D eigenvalue weighted by Crippen LogP contribution is 2.45. The predicted molar refractivity (Wildman–Crippen MR) is 273 cm³/mol. The number of allylic oxidation sites excluding steroid dienone is 12. The third-order valence-electron chi connectivity index (χ3n) is 12.3. The molecule has 0 aromatic heterocycles. The van der Waals surface area contributed by atoms with Gasteiger partial charge >= 0.3 is 0 Å². The molecule has 2 N–H and O–H groups in total. The molecule has 0 amide bonds. The van der Waals surface area contributed by atoms with Crippen LogP contribution in [0.3, 0.4) is 0 Å². The Labute approximate surface area is 372 Å². The van der Waals surface area contributed by atoms with E-state index in [0.29, 0.717) is 0 Å². The summed E-state index contributed by atoms with van der Waals surface area (Å²) in [6.07, 6.45) is 28.8. The smallest absolute Gasteiger partial charge is 0.218 e. The lowest BCUT2D eigenvalue weighted by Crippen LogP contribution is -2.32. The van der Waals surface area contributed by atoms with E-state index in [2.05, 4.69) is 182 Å². The molecular weight excluding hydrogens is 737 g/mol. The second-order valence-electron chi connectivity index (χ2n) is 16.9. The van der Waals surface area contributed by atoms with Crippen molar-refractivity contribution < 1.29 is 4.58 Å². The van der Waals surface area contributed by atoms with Crippen LogP contribution in [0.1, 0.15) is 142 Å². The minimum Gasteiger partial charge on any atom is -0.333 e. The van der Waals surface area contributed by atoms with Crippen molar-refractivity contribution in [1.29, 1.82) is 0 Å². The van der Waals surface area contributed by atoms with Crippen LogP contribution in [0.4, 0.5) is 0 Å². The van der Waals surface area contributed by atoms with Crippen LogP contribution < -0.4 is 16.2 Å². The SMILES string of the molecule is C#C/C=C1\C(=c2\ccccc2=C)C(C)(C)C(/C=C/C2=C(C)\C(=C\C=C(\C)C(C)(C)c3c(C)ccc4c3C=CCC4)c3ccccc32)=[N+]1CCCCCC(=C)C.CC.CC.CN. The Balaban J connectivity index is 0.00000158. The molecule has 3 aliphatic rings. The molecule has 2 aliphatic carbocycles. The van der Waals surface area contributed by atoms with Gasteiger partial charge in [0.1, 0.15) is 6.54 Å². The Kier molecular flexibility index (Phi) is 19.0. The molecule has 2 nitrogen and oxygen atoms in total. The maximum absolute atomic E-state index is 6.06. The van der Waals surface area contributed by atoms with Crippen LogP contribution in [0.15, 0.2) is 126 Å². The first-order chi connectivity index (χ1) is 29.3. The standard InChI is InChI=1S/C54H60N.2C2H6.CH5N/c1-12-22-49-52(43-26-17-15-24-38(43)4)54(10,11)50(55(49)36-21-13-14-23-37(2)3)35-34-45-41(7)44(47-28-19-20-29-48(45)47)33-31-40(6)53(8,9)51-39(5)30-32-42-25-16-18-27-46(42)51;3*1-2/h1,15,17-20,22,24,26-35H,2,4,13-14,16,21,23,25,36H2,3,5-11H3;2*1-2H3;2H2,1H3/q+1;;;/b35-34+,40-31-,44-33-,49-22+,52-43+;;;. The first-order valence-corrected chi connectivity index (χ1v) is 22.8. The summed E-state index contributed by atoms with van der Waals surface area (Å²) in [6.45, 7) is 35.9. The number of hydrogen-bond donors (Lipinski definition) is 1. The van der Waals surface area contributed by atoms with Gasteiger partial charge in [-0.3, -0.25) is 0 Å². The van der Waals surface area contributed by atoms with Crippen LogP contribution >= 0.6 is 0 Å². The normalized spacial score (nSPS) is 17.6. The second kappa shape index (κ2) is 23.1. The minimum atomic E-state index is -0.300. The molecule has 322 valence electrons. The van der Waals surface area contributed by atoms with Crippen molar-refractivity contribution in [3.05, 3.63) is 170 Å². The van der Waals surface area contributed by atoms with Crippen molar-refractivity contribution in [2.75, 3.05) is 13.6 Å². The van der Waals surface area contributed by atoms with Crippen LogP contribution in [-0.2, 0) is 11.8 Å². The van der Waals surface area contributed by atoms with Gasteiger partial charge in [0.05, 0.1) is 11.5 Å². The number of rotatable bonds is 11. The van der Waals surface area contributed by atoms with E-state index in [1.54, 1.807) is 0 Å². The van der Waals surface area contributed by atoms with Gasteiger partial charge in [0.2, 0.25) is 5.70 Å². The van der Waals surface area contributed by atoms with Crippen LogP contribution in [0.5, 0.6) is 0 Å². The molecule has 3 aromatic rings. The summed E-state index contributed by atoms with van der Waals surface area (Å²) >= 11 is 0. The lowest BCUT2D eigenvalue weighted by atomic mass is 9.72. The van der Waals surface area contributed by atoms with E-state index in [9.17, 15) is 0 Å². The first kappa shape index (κ1) is 50.1. The molecule has 1 aliphatic heterocycles. The van der Waals surface area contributed by atoms with Gasteiger partial charge in [-0.05, 0) is 147 Å². The first-order valence-electron chi connectivity index (χ1n) is 22.8. The fourth-order valence-corrected chi connectivity index (χ4v) is 9.09. The van der Waals surface area contributed by atoms with E-state index in [4.69, 9.17) is 6.42 Å². The molecule has 2 heteroatoms. The summed E-state index contributed by atoms with van der Waals surface area (Å²) < 4.78 is 2.49. The van der Waals surface area contributed by atoms with E-state index < -0.39 is 0 Å². The van der Waals surface area contributed by atoms with Gasteiger partial charge in [-0.15, -0.1) is 13.0 Å². The Morgan fingerprint density at radius 2 is 1.56 bits per heavy atom. The molecule has 0 unspecified atom stereocenters. The quantitative estimate of drug-likeness (QED) is 0.0888. The number of fused-ring (bicyclic) bond motifs is 2. The Bertz CT molecular complexity index is 2420. The zero-order chi connectivity index (χ0) is 45.5. The lowest BCUT2D eigenvalue weighted by Gasteiger charge is -2.32. The maximum atomic E-state index is 6.06. The molecule has 0 bridgehead atoms. The molecule has 0 atom stereocenters. The molecular formula is C59H77N2+. The molecule has 0 radical (unpaired) electrons. The third-order valence-corrected chi connectivity index (χ3v) is 12.3. The fourth-order valence-electron chi connectivity index (χ4n) is 9.09. The molecule has 1 heterocycles. The van der Waals surface area contributed by atoms with E-state index in [1.165, 1.54) is 79.6 Å². The van der Waals surface area contributed by atoms with Gasteiger partial charge in [-0.2, -0.15) is 4.58 Å². The van der Waals surface area contributed by atoms with Crippen LogP contribution in [0, 0.1) is 24.7 Å². The molecule has 0 saturated heterocycles. The molecule has 0 spiro atoms. The molecule has 3 aromatic carbocycles. The molecule has 61 heavy (non-hydrogen) atoms. The summed E-state index contributed by atoms with van der Waals surface area (Å²) in [4.78, 5) is 0. The van der Waals surface area contributed by atoms with Crippen molar-refractivity contribution in [3.63, 3.8) is 0 Å². The van der Waals surface area contributed by atoms with E-state index in [1.807, 2.05) is 33.8 Å². The average molecular weight is 814 g/mol. The Morgan fingerprint density at radius 3 is 2.21 bits per heavy atom. The number of nitrogens with zero attached hydrogens (tertiary/aromatic N) is 1. The minimum absolute atomic E-state index is 0.115. The van der Waals surface area contributed by atoms with Gasteiger partial charge < -0.3 is 5.73 Å². The number of terminal acetylenes is 1. The van der Waals surface area contributed by atoms with Gasteiger partial charge in [-0.1, -0.05) is 150 Å². The average Bonchev–Trinajstić information content (AvgIpc) is 3.64. The Hall–Kier alpha value is -5.23. The summed E-state index contributed by atoms with van der Waals surface area (Å²) in [6, 6.07) is 22.0. The summed E-state index contributed by atoms with van der Waals surface area (Å²) in [5.41, 5.74) is 22.4. The predicted octanol–water partition coefficient (Wildman–Crippen LogP) is 13.6. The highest BCUT2D eigenvalue weighted by molar-refractivity contribution is 6.10. The van der Waals surface area contributed by atoms with Crippen molar-refractivity contribution in [2.45, 2.75) is 127 Å². The van der Waals surface area contributed by atoms with E-state index >= 15 is 0 Å². The van der Waals surface area contributed by atoms with Crippen LogP contribution in [0.2, 0.25) is 0 Å². The number of unbranched alkanes of at least 4 members (excludes halogenated alkanes) is 2. The van der Waals surface area contributed by atoms with Crippen molar-refractivity contribution in [2.24, 2.45) is 11.1 Å². The zero-order valence-corrected chi connectivity index (χ0v) is 40.3. The summed E-state index contributed by atoms with van der Waals surface area (Å²) in [7, 11) is 1.50. The Morgan fingerprint density at radius 1 is 0.902 bits per heavy atom. The van der Waals surface area contributed by atoms with Gasteiger partial charge in [-0.25, -0.2) is 0 Å². The van der Waals surface area contributed by atoms with Crippen molar-refractivity contribution >= 4 is 35.1 Å². The number of benzene rings is 3. The molecule has 6 rings (SSSR count). The maximum Gasteiger partial charge on any atom is 0.218 e. The van der Waals surface area contributed by atoms with Crippen molar-refractivity contribution in [3.8, 4) is 12.3 Å². The fraction of sp³-hybridized carbons (Fsp3) is 0.373. The molecule has 0 saturated carbocycles. The lowest BCUT2D eigenvalue weighted by molar-refractivity contribution is -0.467. The van der Waals surface area contributed by atoms with Gasteiger partial charge in [0.25, 0.3) is 0 Å². The number of nitrogens with two attached hydrogens (primary N) is 1.